The predicted molar refractivity (Wildman–Crippen MR) is 119 cm³/mol. The van der Waals surface area contributed by atoms with Gasteiger partial charge in [-0.3, -0.25) is 0 Å². The molecular weight excluding hydrogens is 374 g/mol. The molecule has 0 radical (unpaired) electrons. The fraction of sp³-hybridized carbons (Fsp3) is 0.125. The number of pyridine rings is 1. The van der Waals surface area contributed by atoms with Crippen molar-refractivity contribution in [3.63, 3.8) is 0 Å². The Kier molecular flexibility index (Phi) is 4.52. The van der Waals surface area contributed by atoms with Gasteiger partial charge < -0.3 is 15.4 Å². The first-order valence-corrected chi connectivity index (χ1v) is 9.77. The van der Waals surface area contributed by atoms with Gasteiger partial charge in [-0.2, -0.15) is 0 Å². The van der Waals surface area contributed by atoms with Crippen molar-refractivity contribution in [3.05, 3.63) is 89.9 Å². The zero-order valence-corrected chi connectivity index (χ0v) is 16.6. The smallest absolute Gasteiger partial charge is 0.223 e. The fourth-order valence-corrected chi connectivity index (χ4v) is 3.72. The minimum Gasteiger partial charge on any atom is -0.497 e. The summed E-state index contributed by atoms with van der Waals surface area (Å²) in [6.07, 6.45) is 8.53. The van der Waals surface area contributed by atoms with Crippen LogP contribution < -0.4 is 15.4 Å². The lowest BCUT2D eigenvalue weighted by Crippen LogP contribution is -2.07. The van der Waals surface area contributed by atoms with Gasteiger partial charge in [0.05, 0.1) is 12.8 Å². The predicted octanol–water partition coefficient (Wildman–Crippen LogP) is 4.81. The molecule has 0 bridgehead atoms. The molecule has 0 saturated carbocycles. The van der Waals surface area contributed by atoms with Gasteiger partial charge in [-0.25, -0.2) is 15.0 Å². The van der Waals surface area contributed by atoms with Gasteiger partial charge in [0.2, 0.25) is 5.95 Å². The quantitative estimate of drug-likeness (QED) is 0.660. The first-order chi connectivity index (χ1) is 14.7. The second-order valence-corrected chi connectivity index (χ2v) is 7.25. The Morgan fingerprint density at radius 2 is 2.07 bits per heavy atom. The molecule has 0 spiro atoms. The highest BCUT2D eigenvalue weighted by Gasteiger charge is 2.24. The second-order valence-electron chi connectivity index (χ2n) is 7.25. The van der Waals surface area contributed by atoms with E-state index in [1.165, 1.54) is 0 Å². The van der Waals surface area contributed by atoms with E-state index in [-0.39, 0.29) is 0 Å². The van der Waals surface area contributed by atoms with Crippen LogP contribution in [0, 0.1) is 0 Å². The van der Waals surface area contributed by atoms with Crippen molar-refractivity contribution in [1.82, 2.24) is 15.0 Å². The number of fused-ring (bicyclic) bond motifs is 4. The van der Waals surface area contributed by atoms with Crippen LogP contribution in [-0.2, 0) is 6.54 Å². The molecule has 6 heteroatoms. The van der Waals surface area contributed by atoms with Crippen LogP contribution in [0.3, 0.4) is 0 Å². The maximum Gasteiger partial charge on any atom is 0.223 e. The number of methoxy groups -OCH3 is 1. The van der Waals surface area contributed by atoms with Gasteiger partial charge >= 0.3 is 0 Å². The Morgan fingerprint density at radius 3 is 2.97 bits per heavy atom. The van der Waals surface area contributed by atoms with Crippen LogP contribution in [0.2, 0.25) is 0 Å². The van der Waals surface area contributed by atoms with Gasteiger partial charge in [0.25, 0.3) is 0 Å². The van der Waals surface area contributed by atoms with Crippen molar-refractivity contribution < 1.29 is 4.74 Å². The number of hydrogen-bond acceptors (Lipinski definition) is 6. The average molecular weight is 395 g/mol. The number of rotatable bonds is 4. The lowest BCUT2D eigenvalue weighted by molar-refractivity contribution is 0.414. The zero-order chi connectivity index (χ0) is 20.5. The number of ether oxygens (including phenoxy) is 1. The van der Waals surface area contributed by atoms with E-state index in [1.807, 2.05) is 48.7 Å². The van der Waals surface area contributed by atoms with Gasteiger partial charge in [-0.15, -0.1) is 0 Å². The summed E-state index contributed by atoms with van der Waals surface area (Å²) in [5, 5.41) is 6.81. The molecule has 6 nitrogen and oxygen atoms in total. The summed E-state index contributed by atoms with van der Waals surface area (Å²) in [4.78, 5) is 14.0. The fourth-order valence-electron chi connectivity index (χ4n) is 3.72. The zero-order valence-electron chi connectivity index (χ0n) is 16.6. The van der Waals surface area contributed by atoms with E-state index in [0.717, 1.165) is 57.2 Å². The maximum absolute atomic E-state index is 5.30. The summed E-state index contributed by atoms with van der Waals surface area (Å²) in [6.45, 7) is 4.69. The van der Waals surface area contributed by atoms with E-state index in [1.54, 1.807) is 13.3 Å². The van der Waals surface area contributed by atoms with E-state index in [0.29, 0.717) is 12.5 Å². The normalized spacial score (nSPS) is 14.2. The molecule has 2 N–H and O–H groups in total. The van der Waals surface area contributed by atoms with Crippen molar-refractivity contribution >= 4 is 17.3 Å². The molecule has 0 atom stereocenters. The first kappa shape index (κ1) is 18.1. The van der Waals surface area contributed by atoms with Crippen LogP contribution in [0.15, 0.2) is 78.8 Å². The SMILES string of the molecule is C=C1C=CC2=C(C1)Nc1ncccc1-c1nc(NCc3cccc(OC)c3)ncc12. The molecule has 3 heterocycles. The van der Waals surface area contributed by atoms with Crippen LogP contribution in [0.5, 0.6) is 5.75 Å². The van der Waals surface area contributed by atoms with E-state index in [4.69, 9.17) is 9.72 Å². The summed E-state index contributed by atoms with van der Waals surface area (Å²) in [5.74, 6) is 2.19. The lowest BCUT2D eigenvalue weighted by Gasteiger charge is -2.17. The Morgan fingerprint density at radius 1 is 1.13 bits per heavy atom. The van der Waals surface area contributed by atoms with E-state index in [2.05, 4.69) is 33.3 Å². The average Bonchev–Trinajstić information content (AvgIpc) is 2.91. The van der Waals surface area contributed by atoms with Crippen molar-refractivity contribution in [2.24, 2.45) is 0 Å². The minimum absolute atomic E-state index is 0.569. The molecule has 1 aliphatic carbocycles. The molecule has 2 aromatic heterocycles. The Labute approximate surface area is 175 Å². The molecule has 3 aromatic rings. The highest BCUT2D eigenvalue weighted by Crippen LogP contribution is 2.40. The number of anilines is 2. The van der Waals surface area contributed by atoms with Gasteiger partial charge in [0, 0.05) is 47.8 Å². The number of benzene rings is 1. The molecule has 1 aromatic carbocycles. The lowest BCUT2D eigenvalue weighted by atomic mass is 9.94. The summed E-state index contributed by atoms with van der Waals surface area (Å²) < 4.78 is 5.30. The van der Waals surface area contributed by atoms with Crippen LogP contribution in [0.4, 0.5) is 11.8 Å². The minimum atomic E-state index is 0.569. The highest BCUT2D eigenvalue weighted by molar-refractivity contribution is 5.93. The molecule has 0 fully saturated rings. The van der Waals surface area contributed by atoms with Crippen LogP contribution >= 0.6 is 0 Å². The van der Waals surface area contributed by atoms with Gasteiger partial charge in [-0.05, 0) is 35.4 Å². The standard InChI is InChI=1S/C24H21N5O/c1-15-8-9-18-20-14-27-24(26-13-16-5-3-6-17(12-16)30-2)29-22(20)19-7-4-10-25-23(19)28-21(18)11-15/h3-10,12,14H,1,11,13H2,2H3,(H,25,28)(H,26,27,29). The monoisotopic (exact) mass is 395 g/mol. The van der Waals surface area contributed by atoms with Gasteiger partial charge in [0.1, 0.15) is 11.6 Å². The van der Waals surface area contributed by atoms with E-state index < -0.39 is 0 Å². The molecule has 0 unspecified atom stereocenters. The summed E-state index contributed by atoms with van der Waals surface area (Å²) in [7, 11) is 1.67. The summed E-state index contributed by atoms with van der Waals surface area (Å²) in [5.41, 5.74) is 7.09. The Balaban J connectivity index is 1.53. The van der Waals surface area contributed by atoms with Crippen LogP contribution in [-0.4, -0.2) is 22.1 Å². The molecule has 1 aliphatic heterocycles. The van der Waals surface area contributed by atoms with Gasteiger partial charge in [0.15, 0.2) is 0 Å². The maximum atomic E-state index is 5.30. The molecular formula is C24H21N5O. The number of allylic oxidation sites excluding steroid dienone is 4. The van der Waals surface area contributed by atoms with Crippen molar-refractivity contribution in [2.45, 2.75) is 13.0 Å². The molecule has 30 heavy (non-hydrogen) atoms. The number of nitrogens with zero attached hydrogens (tertiary/aromatic N) is 3. The number of aromatic nitrogens is 3. The molecule has 5 rings (SSSR count). The molecule has 2 aliphatic rings. The van der Waals surface area contributed by atoms with Crippen molar-refractivity contribution in [2.75, 3.05) is 17.7 Å². The topological polar surface area (TPSA) is 72.0 Å². The van der Waals surface area contributed by atoms with Gasteiger partial charge in [-0.1, -0.05) is 30.9 Å². The van der Waals surface area contributed by atoms with Crippen LogP contribution in [0.25, 0.3) is 16.8 Å². The van der Waals surface area contributed by atoms with E-state index in [9.17, 15) is 0 Å². The summed E-state index contributed by atoms with van der Waals surface area (Å²) in [6, 6.07) is 11.9. The highest BCUT2D eigenvalue weighted by atomic mass is 16.5. The first-order valence-electron chi connectivity index (χ1n) is 9.77. The second kappa shape index (κ2) is 7.48. The third kappa shape index (κ3) is 3.33. The molecule has 148 valence electrons. The number of hydrogen-bond donors (Lipinski definition) is 2. The Hall–Kier alpha value is -3.93. The Bertz CT molecular complexity index is 1210. The van der Waals surface area contributed by atoms with Crippen LogP contribution in [0.1, 0.15) is 17.5 Å². The largest absolute Gasteiger partial charge is 0.497 e. The molecule has 0 saturated heterocycles. The van der Waals surface area contributed by atoms with Crippen molar-refractivity contribution in [1.29, 1.82) is 0 Å². The third-order valence-electron chi connectivity index (χ3n) is 5.21. The van der Waals surface area contributed by atoms with E-state index >= 15 is 0 Å². The molecule has 0 amide bonds. The van der Waals surface area contributed by atoms with Crippen molar-refractivity contribution in [3.8, 4) is 17.0 Å². The third-order valence-corrected chi connectivity index (χ3v) is 5.21. The number of nitrogens with one attached hydrogen (secondary N) is 2. The summed E-state index contributed by atoms with van der Waals surface area (Å²) >= 11 is 0.